The van der Waals surface area contributed by atoms with Crippen molar-refractivity contribution in [3.63, 3.8) is 0 Å². The summed E-state index contributed by atoms with van der Waals surface area (Å²) >= 11 is 0. The summed E-state index contributed by atoms with van der Waals surface area (Å²) in [4.78, 5) is 4.22. The van der Waals surface area contributed by atoms with Crippen molar-refractivity contribution in [2.75, 3.05) is 0 Å². The molecule has 0 bridgehead atoms. The summed E-state index contributed by atoms with van der Waals surface area (Å²) < 4.78 is 1.76. The van der Waals surface area contributed by atoms with Gasteiger partial charge >= 0.3 is 0 Å². The summed E-state index contributed by atoms with van der Waals surface area (Å²) in [5.41, 5.74) is 2.63. The van der Waals surface area contributed by atoms with Gasteiger partial charge in [0.15, 0.2) is 0 Å². The molecule has 0 radical (unpaired) electrons. The molecule has 0 aliphatic carbocycles. The van der Waals surface area contributed by atoms with Gasteiger partial charge in [-0.05, 0) is 24.3 Å². The fourth-order valence-corrected chi connectivity index (χ4v) is 2.07. The normalized spacial score (nSPS) is 12.2. The number of benzene rings is 1. The van der Waals surface area contributed by atoms with Crippen LogP contribution in [0, 0.1) is 0 Å². The monoisotopic (exact) mass is 265 g/mol. The number of aromatic nitrogens is 3. The van der Waals surface area contributed by atoms with Gasteiger partial charge in [-0.3, -0.25) is 4.98 Å². The number of hydrogen-bond acceptors (Lipinski definition) is 3. The molecular weight excluding hydrogens is 250 g/mol. The lowest BCUT2D eigenvalue weighted by atomic mass is 10.1. The SMILES string of the molecule is OC(Cc1ccccn1)c1cnn(-c2ccccc2)c1. The number of pyridine rings is 1. The Morgan fingerprint density at radius 3 is 2.60 bits per heavy atom. The average molecular weight is 265 g/mol. The number of aliphatic hydroxyl groups excluding tert-OH is 1. The molecule has 2 aromatic heterocycles. The summed E-state index contributed by atoms with van der Waals surface area (Å²) in [7, 11) is 0. The molecule has 3 rings (SSSR count). The minimum absolute atomic E-state index is 0.487. The van der Waals surface area contributed by atoms with Crippen molar-refractivity contribution in [1.82, 2.24) is 14.8 Å². The van der Waals surface area contributed by atoms with E-state index >= 15 is 0 Å². The van der Waals surface area contributed by atoms with Crippen molar-refractivity contribution in [3.05, 3.63) is 78.4 Å². The van der Waals surface area contributed by atoms with Crippen LogP contribution in [0.4, 0.5) is 0 Å². The Balaban J connectivity index is 1.77. The zero-order valence-electron chi connectivity index (χ0n) is 10.9. The second-order valence-corrected chi connectivity index (χ2v) is 4.59. The third kappa shape index (κ3) is 2.75. The van der Waals surface area contributed by atoms with E-state index in [0.717, 1.165) is 16.9 Å². The standard InChI is InChI=1S/C16H15N3O/c20-16(10-14-6-4-5-9-17-14)13-11-18-19(12-13)15-7-2-1-3-8-15/h1-9,11-12,16,20H,10H2. The molecule has 1 N–H and O–H groups in total. The van der Waals surface area contributed by atoms with Crippen LogP contribution < -0.4 is 0 Å². The van der Waals surface area contributed by atoms with Crippen LogP contribution in [0.1, 0.15) is 17.4 Å². The molecule has 1 atom stereocenters. The highest BCUT2D eigenvalue weighted by molar-refractivity contribution is 5.31. The second-order valence-electron chi connectivity index (χ2n) is 4.59. The van der Waals surface area contributed by atoms with Gasteiger partial charge < -0.3 is 5.11 Å². The molecule has 0 aliphatic heterocycles. The second kappa shape index (κ2) is 5.67. The molecule has 0 saturated carbocycles. The summed E-state index contributed by atoms with van der Waals surface area (Å²) in [6.45, 7) is 0. The van der Waals surface area contributed by atoms with Crippen LogP contribution in [0.15, 0.2) is 67.1 Å². The van der Waals surface area contributed by atoms with Crippen LogP contribution in [-0.4, -0.2) is 19.9 Å². The van der Waals surface area contributed by atoms with Crippen molar-refractivity contribution in [3.8, 4) is 5.69 Å². The highest BCUT2D eigenvalue weighted by atomic mass is 16.3. The number of aliphatic hydroxyl groups is 1. The van der Waals surface area contributed by atoms with E-state index in [2.05, 4.69) is 10.1 Å². The van der Waals surface area contributed by atoms with E-state index in [1.165, 1.54) is 0 Å². The van der Waals surface area contributed by atoms with Gasteiger partial charge in [0.25, 0.3) is 0 Å². The van der Waals surface area contributed by atoms with Crippen LogP contribution in [-0.2, 0) is 6.42 Å². The topological polar surface area (TPSA) is 50.9 Å². The zero-order valence-corrected chi connectivity index (χ0v) is 10.9. The summed E-state index contributed by atoms with van der Waals surface area (Å²) in [5, 5.41) is 14.5. The first-order valence-corrected chi connectivity index (χ1v) is 6.51. The largest absolute Gasteiger partial charge is 0.388 e. The van der Waals surface area contributed by atoms with Crippen molar-refractivity contribution < 1.29 is 5.11 Å². The van der Waals surface area contributed by atoms with E-state index in [0.29, 0.717) is 6.42 Å². The maximum absolute atomic E-state index is 10.2. The minimum atomic E-state index is -0.595. The quantitative estimate of drug-likeness (QED) is 0.788. The Labute approximate surface area is 117 Å². The van der Waals surface area contributed by atoms with Crippen LogP contribution in [0.5, 0.6) is 0 Å². The van der Waals surface area contributed by atoms with Crippen LogP contribution in [0.25, 0.3) is 5.69 Å². The highest BCUT2D eigenvalue weighted by Crippen LogP contribution is 2.18. The molecular formula is C16H15N3O. The molecule has 0 amide bonds. The molecule has 1 aromatic carbocycles. The molecule has 0 saturated heterocycles. The first-order valence-electron chi connectivity index (χ1n) is 6.51. The Bertz CT molecular complexity index is 664. The van der Waals surface area contributed by atoms with E-state index in [4.69, 9.17) is 0 Å². The Kier molecular flexibility index (Phi) is 3.56. The number of para-hydroxylation sites is 1. The van der Waals surface area contributed by atoms with Crippen LogP contribution in [0.2, 0.25) is 0 Å². The lowest BCUT2D eigenvalue weighted by Crippen LogP contribution is -2.02. The maximum Gasteiger partial charge on any atom is 0.0876 e. The van der Waals surface area contributed by atoms with Crippen molar-refractivity contribution in [2.45, 2.75) is 12.5 Å². The van der Waals surface area contributed by atoms with E-state index in [1.807, 2.05) is 54.7 Å². The van der Waals surface area contributed by atoms with Crippen LogP contribution in [0.3, 0.4) is 0 Å². The molecule has 0 aliphatic rings. The predicted molar refractivity (Wildman–Crippen MR) is 76.5 cm³/mol. The molecule has 0 spiro atoms. The van der Waals surface area contributed by atoms with Crippen molar-refractivity contribution >= 4 is 0 Å². The van der Waals surface area contributed by atoms with Gasteiger partial charge in [-0.1, -0.05) is 24.3 Å². The Morgan fingerprint density at radius 2 is 1.85 bits per heavy atom. The van der Waals surface area contributed by atoms with E-state index in [9.17, 15) is 5.11 Å². The van der Waals surface area contributed by atoms with Gasteiger partial charge in [0, 0.05) is 30.1 Å². The fraction of sp³-hybridized carbons (Fsp3) is 0.125. The van der Waals surface area contributed by atoms with Crippen LogP contribution >= 0.6 is 0 Å². The summed E-state index contributed by atoms with van der Waals surface area (Å²) in [6.07, 6.45) is 5.17. The summed E-state index contributed by atoms with van der Waals surface area (Å²) in [5.74, 6) is 0. The molecule has 2 heterocycles. The van der Waals surface area contributed by atoms with E-state index < -0.39 is 6.10 Å². The number of rotatable bonds is 4. The Hall–Kier alpha value is -2.46. The molecule has 4 heteroatoms. The molecule has 0 fully saturated rings. The van der Waals surface area contributed by atoms with Gasteiger partial charge in [-0.2, -0.15) is 5.10 Å². The Morgan fingerprint density at radius 1 is 1.05 bits per heavy atom. The minimum Gasteiger partial charge on any atom is -0.388 e. The lowest BCUT2D eigenvalue weighted by Gasteiger charge is -2.07. The number of nitrogens with zero attached hydrogens (tertiary/aromatic N) is 3. The average Bonchev–Trinajstić information content (AvgIpc) is 2.99. The zero-order chi connectivity index (χ0) is 13.8. The van der Waals surface area contributed by atoms with Gasteiger partial charge in [-0.15, -0.1) is 0 Å². The number of hydrogen-bond donors (Lipinski definition) is 1. The molecule has 1 unspecified atom stereocenters. The maximum atomic E-state index is 10.2. The molecule has 3 aromatic rings. The van der Waals surface area contributed by atoms with E-state index in [-0.39, 0.29) is 0 Å². The predicted octanol–water partition coefficient (Wildman–Crippen LogP) is 2.54. The molecule has 100 valence electrons. The fourth-order valence-electron chi connectivity index (χ4n) is 2.07. The smallest absolute Gasteiger partial charge is 0.0876 e. The van der Waals surface area contributed by atoms with Gasteiger partial charge in [0.2, 0.25) is 0 Å². The van der Waals surface area contributed by atoms with Crippen molar-refractivity contribution in [1.29, 1.82) is 0 Å². The molecule has 20 heavy (non-hydrogen) atoms. The lowest BCUT2D eigenvalue weighted by molar-refractivity contribution is 0.177. The third-order valence-corrected chi connectivity index (χ3v) is 3.14. The van der Waals surface area contributed by atoms with E-state index in [1.54, 1.807) is 17.1 Å². The first kappa shape index (κ1) is 12.6. The summed E-state index contributed by atoms with van der Waals surface area (Å²) in [6, 6.07) is 15.5. The third-order valence-electron chi connectivity index (χ3n) is 3.14. The van der Waals surface area contributed by atoms with Gasteiger partial charge in [0.1, 0.15) is 0 Å². The van der Waals surface area contributed by atoms with Gasteiger partial charge in [0.05, 0.1) is 18.0 Å². The highest BCUT2D eigenvalue weighted by Gasteiger charge is 2.12. The van der Waals surface area contributed by atoms with Crippen molar-refractivity contribution in [2.24, 2.45) is 0 Å². The molecule has 4 nitrogen and oxygen atoms in total. The van der Waals surface area contributed by atoms with Gasteiger partial charge in [-0.25, -0.2) is 4.68 Å². The first-order chi connectivity index (χ1) is 9.83.